The lowest BCUT2D eigenvalue weighted by molar-refractivity contribution is 0.0685. The molecule has 8 heteroatoms. The lowest BCUT2D eigenvalue weighted by Crippen LogP contribution is -2.30. The molecule has 1 heterocycles. The molecular weight excluding hydrogens is 415 g/mol. The normalized spacial score (nSPS) is 13.7. The third-order valence-electron chi connectivity index (χ3n) is 4.74. The van der Waals surface area contributed by atoms with E-state index in [1.54, 1.807) is 44.3 Å². The fraction of sp³-hybridized carbons (Fsp3) is 0.143. The predicted molar refractivity (Wildman–Crippen MR) is 107 cm³/mol. The molecule has 0 atom stereocenters. The average molecular weight is 429 g/mol. The fourth-order valence-electron chi connectivity index (χ4n) is 3.37. The number of hydrogen-bond acceptors (Lipinski definition) is 5. The topological polar surface area (TPSA) is 78.3 Å². The lowest BCUT2D eigenvalue weighted by atomic mass is 10.0. The van der Waals surface area contributed by atoms with Gasteiger partial charge in [0.2, 0.25) is 29.3 Å². The van der Waals surface area contributed by atoms with Gasteiger partial charge in [0, 0.05) is 28.8 Å². The summed E-state index contributed by atoms with van der Waals surface area (Å²) in [5.41, 5.74) is 1.33. The van der Waals surface area contributed by atoms with E-state index >= 15 is 0 Å². The van der Waals surface area contributed by atoms with Gasteiger partial charge in [-0.15, -0.1) is 0 Å². The number of benzene rings is 2. The van der Waals surface area contributed by atoms with Crippen LogP contribution in [0, 0.1) is 6.92 Å². The Bertz CT molecular complexity index is 1160. The maximum Gasteiger partial charge on any atom is 0.225 e. The van der Waals surface area contributed by atoms with Gasteiger partial charge in [0.05, 0.1) is 10.7 Å². The SMILES string of the molecule is Cc1nn(C)c(OC2C(=O)c3ccccc3C2=O)c1C(=O)c1ccc(Cl)cc1Cl. The van der Waals surface area contributed by atoms with Crippen molar-refractivity contribution in [2.45, 2.75) is 13.0 Å². The number of aryl methyl sites for hydroxylation is 2. The highest BCUT2D eigenvalue weighted by molar-refractivity contribution is 6.37. The van der Waals surface area contributed by atoms with Crippen LogP contribution in [0.15, 0.2) is 42.5 Å². The Labute approximate surface area is 176 Å². The Kier molecular flexibility index (Phi) is 4.76. The first-order valence-electron chi connectivity index (χ1n) is 8.67. The third kappa shape index (κ3) is 3.14. The van der Waals surface area contributed by atoms with Gasteiger partial charge in [0.25, 0.3) is 0 Å². The molecule has 29 heavy (non-hydrogen) atoms. The molecule has 146 valence electrons. The number of aromatic nitrogens is 2. The summed E-state index contributed by atoms with van der Waals surface area (Å²) in [7, 11) is 1.57. The Morgan fingerprint density at radius 2 is 1.69 bits per heavy atom. The van der Waals surface area contributed by atoms with E-state index in [1.807, 2.05) is 0 Å². The standard InChI is InChI=1S/C21H14Cl2N2O4/c1-10-16(17(26)14-8-7-11(22)9-15(14)23)21(25(2)24-10)29-20-18(27)12-5-3-4-6-13(12)19(20)28/h3-9,20H,1-2H3. The Morgan fingerprint density at radius 1 is 1.07 bits per heavy atom. The molecule has 0 saturated heterocycles. The van der Waals surface area contributed by atoms with Crippen molar-refractivity contribution in [2.75, 3.05) is 0 Å². The number of halogens is 2. The summed E-state index contributed by atoms with van der Waals surface area (Å²) in [6, 6.07) is 11.0. The average Bonchev–Trinajstić information content (AvgIpc) is 3.09. The molecule has 1 aromatic heterocycles. The summed E-state index contributed by atoms with van der Waals surface area (Å²) in [4.78, 5) is 38.5. The molecule has 4 rings (SSSR count). The van der Waals surface area contributed by atoms with E-state index in [-0.39, 0.29) is 22.0 Å². The van der Waals surface area contributed by atoms with E-state index in [2.05, 4.69) is 5.10 Å². The molecule has 0 radical (unpaired) electrons. The van der Waals surface area contributed by atoms with Gasteiger partial charge in [-0.05, 0) is 25.1 Å². The Balaban J connectivity index is 1.74. The predicted octanol–water partition coefficient (Wildman–Crippen LogP) is 4.09. The molecule has 0 bridgehead atoms. The zero-order valence-corrected chi connectivity index (χ0v) is 16.9. The van der Waals surface area contributed by atoms with E-state index in [0.717, 1.165) is 0 Å². The number of carbonyl (C=O) groups excluding carboxylic acids is 3. The first-order valence-corrected chi connectivity index (χ1v) is 9.42. The molecule has 6 nitrogen and oxygen atoms in total. The van der Waals surface area contributed by atoms with Crippen molar-refractivity contribution in [3.8, 4) is 5.88 Å². The summed E-state index contributed by atoms with van der Waals surface area (Å²) in [6.45, 7) is 1.64. The number of fused-ring (bicyclic) bond motifs is 1. The summed E-state index contributed by atoms with van der Waals surface area (Å²) >= 11 is 12.1. The van der Waals surface area contributed by atoms with Crippen LogP contribution >= 0.6 is 23.2 Å². The highest BCUT2D eigenvalue weighted by atomic mass is 35.5. The van der Waals surface area contributed by atoms with Crippen LogP contribution in [-0.2, 0) is 7.05 Å². The van der Waals surface area contributed by atoms with Gasteiger partial charge in [0.15, 0.2) is 0 Å². The Hall–Kier alpha value is -2.96. The van der Waals surface area contributed by atoms with Crippen molar-refractivity contribution in [3.05, 3.63) is 80.5 Å². The zero-order chi connectivity index (χ0) is 20.9. The van der Waals surface area contributed by atoms with Crippen LogP contribution in [0.2, 0.25) is 10.0 Å². The summed E-state index contributed by atoms with van der Waals surface area (Å²) in [5.74, 6) is -1.32. The van der Waals surface area contributed by atoms with E-state index < -0.39 is 23.5 Å². The van der Waals surface area contributed by atoms with Gasteiger partial charge >= 0.3 is 0 Å². The van der Waals surface area contributed by atoms with E-state index in [9.17, 15) is 14.4 Å². The summed E-state index contributed by atoms with van der Waals surface area (Å²) < 4.78 is 7.11. The maximum atomic E-state index is 13.2. The zero-order valence-electron chi connectivity index (χ0n) is 15.4. The number of Topliss-reactive ketones (excluding diaryl/α,β-unsaturated/α-hetero) is 2. The molecule has 0 fully saturated rings. The van der Waals surface area contributed by atoms with Crippen LogP contribution in [0.1, 0.15) is 42.3 Å². The molecule has 0 unspecified atom stereocenters. The smallest absolute Gasteiger partial charge is 0.225 e. The van der Waals surface area contributed by atoms with Crippen LogP contribution in [-0.4, -0.2) is 33.2 Å². The number of nitrogens with zero attached hydrogens (tertiary/aromatic N) is 2. The largest absolute Gasteiger partial charge is 0.457 e. The van der Waals surface area contributed by atoms with Gasteiger partial charge < -0.3 is 4.74 Å². The molecule has 1 aliphatic rings. The first kappa shape index (κ1) is 19.4. The molecule has 2 aromatic carbocycles. The minimum atomic E-state index is -1.37. The van der Waals surface area contributed by atoms with Crippen molar-refractivity contribution >= 4 is 40.6 Å². The van der Waals surface area contributed by atoms with Crippen LogP contribution in [0.5, 0.6) is 5.88 Å². The van der Waals surface area contributed by atoms with Gasteiger partial charge in [-0.1, -0.05) is 47.5 Å². The minimum absolute atomic E-state index is 0.0259. The molecule has 1 aliphatic carbocycles. The number of ketones is 3. The number of rotatable bonds is 4. The van der Waals surface area contributed by atoms with Gasteiger partial charge in [0.1, 0.15) is 5.56 Å². The molecular formula is C21H14Cl2N2O4. The highest BCUT2D eigenvalue weighted by Gasteiger charge is 2.41. The van der Waals surface area contributed by atoms with Crippen molar-refractivity contribution in [3.63, 3.8) is 0 Å². The molecule has 0 saturated carbocycles. The van der Waals surface area contributed by atoms with Crippen LogP contribution < -0.4 is 4.74 Å². The number of hydrogen-bond donors (Lipinski definition) is 0. The number of ether oxygens (including phenoxy) is 1. The van der Waals surface area contributed by atoms with Crippen molar-refractivity contribution in [2.24, 2.45) is 7.05 Å². The highest BCUT2D eigenvalue weighted by Crippen LogP contribution is 2.32. The fourth-order valence-corrected chi connectivity index (χ4v) is 3.87. The van der Waals surface area contributed by atoms with Gasteiger partial charge in [-0.25, -0.2) is 4.68 Å². The minimum Gasteiger partial charge on any atom is -0.457 e. The monoisotopic (exact) mass is 428 g/mol. The van der Waals surface area contributed by atoms with Crippen molar-refractivity contribution < 1.29 is 19.1 Å². The maximum absolute atomic E-state index is 13.2. The first-order chi connectivity index (χ1) is 13.8. The molecule has 0 aliphatic heterocycles. The second-order valence-electron chi connectivity index (χ2n) is 6.61. The molecule has 3 aromatic rings. The van der Waals surface area contributed by atoms with E-state index in [1.165, 1.54) is 16.8 Å². The van der Waals surface area contributed by atoms with Crippen LogP contribution in [0.4, 0.5) is 0 Å². The molecule has 0 N–H and O–H groups in total. The van der Waals surface area contributed by atoms with E-state index in [4.69, 9.17) is 27.9 Å². The Morgan fingerprint density at radius 3 is 2.28 bits per heavy atom. The van der Waals surface area contributed by atoms with Crippen LogP contribution in [0.3, 0.4) is 0 Å². The number of carbonyl (C=O) groups is 3. The summed E-state index contributed by atoms with van der Waals surface area (Å²) in [6.07, 6.45) is -1.37. The second-order valence-corrected chi connectivity index (χ2v) is 7.46. The molecule has 0 spiro atoms. The van der Waals surface area contributed by atoms with Gasteiger partial charge in [-0.3, -0.25) is 14.4 Å². The lowest BCUT2D eigenvalue weighted by Gasteiger charge is -2.13. The quantitative estimate of drug-likeness (QED) is 0.461. The summed E-state index contributed by atoms with van der Waals surface area (Å²) in [5, 5.41) is 4.80. The van der Waals surface area contributed by atoms with Crippen LogP contribution in [0.25, 0.3) is 0 Å². The molecule has 0 amide bonds. The van der Waals surface area contributed by atoms with Crippen molar-refractivity contribution in [1.29, 1.82) is 0 Å². The second kappa shape index (κ2) is 7.13. The van der Waals surface area contributed by atoms with Gasteiger partial charge in [-0.2, -0.15) is 5.10 Å². The van der Waals surface area contributed by atoms with E-state index in [0.29, 0.717) is 21.8 Å². The third-order valence-corrected chi connectivity index (χ3v) is 5.28. The van der Waals surface area contributed by atoms with Crippen molar-refractivity contribution in [1.82, 2.24) is 9.78 Å².